The zero-order chi connectivity index (χ0) is 13.1. The lowest BCUT2D eigenvalue weighted by Gasteiger charge is -2.13. The summed E-state index contributed by atoms with van der Waals surface area (Å²) in [6.45, 7) is 2.46. The van der Waals surface area contributed by atoms with Crippen LogP contribution in [-0.2, 0) is 13.2 Å². The Morgan fingerprint density at radius 1 is 1.33 bits per heavy atom. The molecule has 1 aromatic heterocycles. The van der Waals surface area contributed by atoms with E-state index in [1.165, 1.54) is 0 Å². The predicted octanol–water partition coefficient (Wildman–Crippen LogP) is 4.65. The van der Waals surface area contributed by atoms with E-state index in [4.69, 9.17) is 4.74 Å². The van der Waals surface area contributed by atoms with E-state index in [9.17, 15) is 5.11 Å². The van der Waals surface area contributed by atoms with Crippen molar-refractivity contribution in [2.24, 2.45) is 0 Å². The van der Waals surface area contributed by atoms with E-state index < -0.39 is 0 Å². The van der Waals surface area contributed by atoms with Gasteiger partial charge in [0.1, 0.15) is 12.4 Å². The Kier molecular flexibility index (Phi) is 4.84. The highest BCUT2D eigenvalue weighted by atomic mass is 79.9. The molecular weight excluding hydrogens is 380 g/mol. The molecule has 2 rings (SSSR count). The number of hydrogen-bond donors (Lipinski definition) is 1. The maximum absolute atomic E-state index is 9.37. The standard InChI is InChI=1S/C13H12Br2O2S/c1-8-4-10(14)5-9(6-16)13(8)17-7-12-11(15)2-3-18-12/h2-5,16H,6-7H2,1H3. The van der Waals surface area contributed by atoms with Crippen LogP contribution in [0.25, 0.3) is 0 Å². The average molecular weight is 392 g/mol. The summed E-state index contributed by atoms with van der Waals surface area (Å²) in [4.78, 5) is 1.14. The molecule has 1 aromatic carbocycles. The van der Waals surface area contributed by atoms with Gasteiger partial charge in [0.15, 0.2) is 0 Å². The van der Waals surface area contributed by atoms with E-state index in [-0.39, 0.29) is 6.61 Å². The molecule has 0 saturated heterocycles. The minimum absolute atomic E-state index is 0.0266. The van der Waals surface area contributed by atoms with Crippen LogP contribution >= 0.6 is 43.2 Å². The van der Waals surface area contributed by atoms with Crippen LogP contribution in [-0.4, -0.2) is 5.11 Å². The van der Waals surface area contributed by atoms with Gasteiger partial charge in [-0.05, 0) is 52.0 Å². The van der Waals surface area contributed by atoms with E-state index in [2.05, 4.69) is 31.9 Å². The zero-order valence-electron chi connectivity index (χ0n) is 9.74. The first kappa shape index (κ1) is 14.1. The molecule has 0 atom stereocenters. The number of thiophene rings is 1. The highest BCUT2D eigenvalue weighted by molar-refractivity contribution is 9.10. The number of rotatable bonds is 4. The van der Waals surface area contributed by atoms with Crippen molar-refractivity contribution < 1.29 is 9.84 Å². The van der Waals surface area contributed by atoms with Gasteiger partial charge in [-0.25, -0.2) is 0 Å². The lowest BCUT2D eigenvalue weighted by molar-refractivity contribution is 0.259. The number of aliphatic hydroxyl groups is 1. The molecule has 0 fully saturated rings. The fourth-order valence-corrected chi connectivity index (χ4v) is 3.69. The molecule has 96 valence electrons. The number of halogens is 2. The number of benzene rings is 1. The van der Waals surface area contributed by atoms with Crippen LogP contribution in [0.2, 0.25) is 0 Å². The lowest BCUT2D eigenvalue weighted by atomic mass is 10.1. The van der Waals surface area contributed by atoms with Crippen molar-refractivity contribution in [3.8, 4) is 5.75 Å². The Balaban J connectivity index is 2.21. The smallest absolute Gasteiger partial charge is 0.128 e. The highest BCUT2D eigenvalue weighted by Crippen LogP contribution is 2.30. The summed E-state index contributed by atoms with van der Waals surface area (Å²) in [6, 6.07) is 5.87. The van der Waals surface area contributed by atoms with E-state index in [0.717, 1.165) is 30.7 Å². The highest BCUT2D eigenvalue weighted by Gasteiger charge is 2.10. The third kappa shape index (κ3) is 3.15. The molecule has 1 N–H and O–H groups in total. The van der Waals surface area contributed by atoms with Gasteiger partial charge in [0.25, 0.3) is 0 Å². The fraction of sp³-hybridized carbons (Fsp3) is 0.231. The van der Waals surface area contributed by atoms with Gasteiger partial charge in [0.2, 0.25) is 0 Å². The SMILES string of the molecule is Cc1cc(Br)cc(CO)c1OCc1sccc1Br. The van der Waals surface area contributed by atoms with Crippen LogP contribution in [0.5, 0.6) is 5.75 Å². The van der Waals surface area contributed by atoms with Crippen molar-refractivity contribution in [2.45, 2.75) is 20.1 Å². The molecule has 5 heteroatoms. The average Bonchev–Trinajstić information content (AvgIpc) is 2.73. The van der Waals surface area contributed by atoms with E-state index >= 15 is 0 Å². The number of aryl methyl sites for hydroxylation is 1. The summed E-state index contributed by atoms with van der Waals surface area (Å²) in [5, 5.41) is 11.4. The Labute approximate surface area is 127 Å². The third-order valence-corrected chi connectivity index (χ3v) is 4.88. The molecule has 1 heterocycles. The van der Waals surface area contributed by atoms with Crippen LogP contribution in [0.4, 0.5) is 0 Å². The topological polar surface area (TPSA) is 29.5 Å². The van der Waals surface area contributed by atoms with Crippen molar-refractivity contribution in [1.29, 1.82) is 0 Å². The van der Waals surface area contributed by atoms with Crippen LogP contribution in [0, 0.1) is 6.92 Å². The molecule has 0 spiro atoms. The molecule has 0 unspecified atom stereocenters. The second kappa shape index (κ2) is 6.19. The summed E-state index contributed by atoms with van der Waals surface area (Å²) in [5.74, 6) is 0.765. The van der Waals surface area contributed by atoms with Gasteiger partial charge in [0, 0.05) is 14.5 Å². The molecule has 2 nitrogen and oxygen atoms in total. The first-order chi connectivity index (χ1) is 8.61. The zero-order valence-corrected chi connectivity index (χ0v) is 13.7. The minimum Gasteiger partial charge on any atom is -0.487 e. The molecule has 0 aliphatic heterocycles. The molecule has 0 aliphatic rings. The molecule has 2 aromatic rings. The lowest BCUT2D eigenvalue weighted by Crippen LogP contribution is -2.00. The summed E-state index contributed by atoms with van der Waals surface area (Å²) in [7, 11) is 0. The van der Waals surface area contributed by atoms with Crippen molar-refractivity contribution in [3.63, 3.8) is 0 Å². The number of aliphatic hydroxyl groups excluding tert-OH is 1. The van der Waals surface area contributed by atoms with Gasteiger partial charge in [-0.15, -0.1) is 11.3 Å². The minimum atomic E-state index is -0.0266. The molecule has 0 bridgehead atoms. The number of ether oxygens (including phenoxy) is 1. The van der Waals surface area contributed by atoms with E-state index in [1.807, 2.05) is 30.5 Å². The molecule has 0 saturated carbocycles. The largest absolute Gasteiger partial charge is 0.487 e. The van der Waals surface area contributed by atoms with Crippen LogP contribution < -0.4 is 4.74 Å². The van der Waals surface area contributed by atoms with Gasteiger partial charge < -0.3 is 9.84 Å². The third-order valence-electron chi connectivity index (χ3n) is 2.53. The summed E-state index contributed by atoms with van der Waals surface area (Å²) >= 11 is 8.54. The monoisotopic (exact) mass is 390 g/mol. The van der Waals surface area contributed by atoms with Gasteiger partial charge >= 0.3 is 0 Å². The van der Waals surface area contributed by atoms with E-state index in [1.54, 1.807) is 11.3 Å². The van der Waals surface area contributed by atoms with Crippen molar-refractivity contribution in [2.75, 3.05) is 0 Å². The Morgan fingerprint density at radius 3 is 2.72 bits per heavy atom. The van der Waals surface area contributed by atoms with Crippen molar-refractivity contribution in [3.05, 3.63) is 48.5 Å². The maximum atomic E-state index is 9.37. The Bertz CT molecular complexity index is 552. The summed E-state index contributed by atoms with van der Waals surface area (Å²) < 4.78 is 7.85. The maximum Gasteiger partial charge on any atom is 0.128 e. The normalized spacial score (nSPS) is 10.7. The van der Waals surface area contributed by atoms with Gasteiger partial charge in [-0.1, -0.05) is 15.9 Å². The second-order valence-electron chi connectivity index (χ2n) is 3.85. The van der Waals surface area contributed by atoms with Crippen LogP contribution in [0.3, 0.4) is 0 Å². The Hall–Kier alpha value is -0.360. The Morgan fingerprint density at radius 2 is 2.11 bits per heavy atom. The molecule has 18 heavy (non-hydrogen) atoms. The second-order valence-corrected chi connectivity index (χ2v) is 6.62. The predicted molar refractivity (Wildman–Crippen MR) is 81.2 cm³/mol. The van der Waals surface area contributed by atoms with Gasteiger partial charge in [0.05, 0.1) is 11.5 Å². The van der Waals surface area contributed by atoms with Crippen LogP contribution in [0.1, 0.15) is 16.0 Å². The molecule has 0 radical (unpaired) electrons. The summed E-state index contributed by atoms with van der Waals surface area (Å²) in [5.41, 5.74) is 1.82. The van der Waals surface area contributed by atoms with Gasteiger partial charge in [-0.2, -0.15) is 0 Å². The van der Waals surface area contributed by atoms with Crippen molar-refractivity contribution in [1.82, 2.24) is 0 Å². The van der Waals surface area contributed by atoms with Gasteiger partial charge in [-0.3, -0.25) is 0 Å². The van der Waals surface area contributed by atoms with Crippen LogP contribution in [0.15, 0.2) is 32.5 Å². The fourth-order valence-electron chi connectivity index (χ4n) is 1.69. The first-order valence-corrected chi connectivity index (χ1v) is 7.83. The molecular formula is C13H12Br2O2S. The van der Waals surface area contributed by atoms with Crippen molar-refractivity contribution >= 4 is 43.2 Å². The summed E-state index contributed by atoms with van der Waals surface area (Å²) in [6.07, 6.45) is 0. The molecule has 0 aliphatic carbocycles. The number of hydrogen-bond acceptors (Lipinski definition) is 3. The van der Waals surface area contributed by atoms with E-state index in [0.29, 0.717) is 6.61 Å². The first-order valence-electron chi connectivity index (χ1n) is 5.36. The quantitative estimate of drug-likeness (QED) is 0.821. The molecule has 0 amide bonds.